The zero-order valence-electron chi connectivity index (χ0n) is 11.1. The van der Waals surface area contributed by atoms with Gasteiger partial charge >= 0.3 is 0 Å². The molecule has 3 rings (SSSR count). The molecule has 4 heteroatoms. The number of benzene rings is 1. The first-order chi connectivity index (χ1) is 9.08. The first-order valence-corrected chi connectivity index (χ1v) is 6.62. The van der Waals surface area contributed by atoms with Crippen LogP contribution in [0.25, 0.3) is 11.3 Å². The molecule has 1 heterocycles. The van der Waals surface area contributed by atoms with Gasteiger partial charge in [0.1, 0.15) is 18.0 Å². The summed E-state index contributed by atoms with van der Waals surface area (Å²) in [5.41, 5.74) is 3.04. The van der Waals surface area contributed by atoms with Gasteiger partial charge in [-0.25, -0.2) is 4.98 Å². The Hall–Kier alpha value is -1.65. The number of fused-ring (bicyclic) bond motifs is 3. The average molecular weight is 258 g/mol. The Balaban J connectivity index is 2.13. The Kier molecular flexibility index (Phi) is 2.92. The highest BCUT2D eigenvalue weighted by molar-refractivity contribution is 5.70. The predicted octanol–water partition coefficient (Wildman–Crippen LogP) is 2.36. The Morgan fingerprint density at radius 2 is 1.95 bits per heavy atom. The van der Waals surface area contributed by atoms with Gasteiger partial charge in [0.05, 0.1) is 11.4 Å². The van der Waals surface area contributed by atoms with Crippen molar-refractivity contribution in [2.24, 2.45) is 5.92 Å². The number of hydrogen-bond acceptors (Lipinski definition) is 3. The molecule has 0 bridgehead atoms. The summed E-state index contributed by atoms with van der Waals surface area (Å²) in [6.07, 6.45) is -0.993. The highest BCUT2D eigenvalue weighted by Gasteiger charge is 2.33. The second kappa shape index (κ2) is 4.47. The van der Waals surface area contributed by atoms with E-state index in [1.807, 2.05) is 24.3 Å². The molecule has 0 radical (unpaired) electrons. The number of aliphatic hydroxyl groups excluding tert-OH is 2. The summed E-state index contributed by atoms with van der Waals surface area (Å²) < 4.78 is 0. The van der Waals surface area contributed by atoms with E-state index in [-0.39, 0.29) is 0 Å². The molecule has 0 aliphatic heterocycles. The van der Waals surface area contributed by atoms with Crippen molar-refractivity contribution in [1.29, 1.82) is 0 Å². The van der Waals surface area contributed by atoms with Gasteiger partial charge in [0, 0.05) is 12.0 Å². The molecule has 100 valence electrons. The molecule has 2 aromatic rings. The maximum atomic E-state index is 10.2. The standard InChI is InChI=1S/C15H18N2O2/c1-8(2)7-11-16-12-9-5-3-4-6-10(9)14(18)15(19)13(12)17-11/h3-6,8,14-15,18-19H,7H2,1-2H3,(H,16,17). The lowest BCUT2D eigenvalue weighted by Crippen LogP contribution is -2.17. The maximum Gasteiger partial charge on any atom is 0.126 e. The summed E-state index contributed by atoms with van der Waals surface area (Å²) in [5.74, 6) is 1.35. The number of imidazole rings is 1. The third-order valence-corrected chi connectivity index (χ3v) is 3.51. The van der Waals surface area contributed by atoms with E-state index in [0.29, 0.717) is 11.6 Å². The van der Waals surface area contributed by atoms with Crippen LogP contribution in [0.1, 0.15) is 43.1 Å². The van der Waals surface area contributed by atoms with Gasteiger partial charge in [-0.05, 0) is 11.5 Å². The van der Waals surface area contributed by atoms with Crippen LogP contribution in [-0.2, 0) is 6.42 Å². The summed E-state index contributed by atoms with van der Waals surface area (Å²) in [4.78, 5) is 7.76. The largest absolute Gasteiger partial charge is 0.385 e. The van der Waals surface area contributed by atoms with Gasteiger partial charge in [-0.2, -0.15) is 0 Å². The minimum Gasteiger partial charge on any atom is -0.385 e. The average Bonchev–Trinajstić information content (AvgIpc) is 2.79. The van der Waals surface area contributed by atoms with Crippen LogP contribution in [0.4, 0.5) is 0 Å². The van der Waals surface area contributed by atoms with E-state index in [1.165, 1.54) is 0 Å². The predicted molar refractivity (Wildman–Crippen MR) is 72.5 cm³/mol. The maximum absolute atomic E-state index is 10.2. The number of hydrogen-bond donors (Lipinski definition) is 3. The molecule has 1 aliphatic carbocycles. The van der Waals surface area contributed by atoms with Gasteiger partial charge in [0.15, 0.2) is 0 Å². The summed E-state index contributed by atoms with van der Waals surface area (Å²) in [5, 5.41) is 20.4. The highest BCUT2D eigenvalue weighted by atomic mass is 16.3. The van der Waals surface area contributed by atoms with Gasteiger partial charge in [-0.3, -0.25) is 0 Å². The second-order valence-corrected chi connectivity index (χ2v) is 5.52. The number of rotatable bonds is 2. The SMILES string of the molecule is CC(C)Cc1nc2c([nH]1)C(O)C(O)c1ccccc1-2. The quantitative estimate of drug-likeness (QED) is 0.774. The molecule has 1 aromatic heterocycles. The van der Waals surface area contributed by atoms with Crippen LogP contribution in [0.5, 0.6) is 0 Å². The Bertz CT molecular complexity index is 604. The Labute approximate surface area is 112 Å². The molecule has 19 heavy (non-hydrogen) atoms. The van der Waals surface area contributed by atoms with Crippen molar-refractivity contribution >= 4 is 0 Å². The molecule has 0 saturated carbocycles. The van der Waals surface area contributed by atoms with Crippen molar-refractivity contribution in [3.63, 3.8) is 0 Å². The van der Waals surface area contributed by atoms with Crippen LogP contribution in [0.15, 0.2) is 24.3 Å². The third-order valence-electron chi connectivity index (χ3n) is 3.51. The minimum absolute atomic E-state index is 0.491. The number of aromatic amines is 1. The van der Waals surface area contributed by atoms with E-state index in [1.54, 1.807) is 0 Å². The van der Waals surface area contributed by atoms with Crippen LogP contribution in [0, 0.1) is 5.92 Å². The van der Waals surface area contributed by atoms with E-state index in [2.05, 4.69) is 23.8 Å². The van der Waals surface area contributed by atoms with E-state index < -0.39 is 12.2 Å². The Morgan fingerprint density at radius 3 is 2.68 bits per heavy atom. The first kappa shape index (κ1) is 12.4. The normalized spacial score (nSPS) is 21.3. The van der Waals surface area contributed by atoms with Gasteiger partial charge < -0.3 is 15.2 Å². The lowest BCUT2D eigenvalue weighted by molar-refractivity contribution is 0.0133. The van der Waals surface area contributed by atoms with Gasteiger partial charge in [0.25, 0.3) is 0 Å². The van der Waals surface area contributed by atoms with Crippen molar-refractivity contribution in [2.45, 2.75) is 32.5 Å². The molecule has 2 unspecified atom stereocenters. The van der Waals surface area contributed by atoms with E-state index in [4.69, 9.17) is 0 Å². The second-order valence-electron chi connectivity index (χ2n) is 5.52. The molecule has 0 saturated heterocycles. The van der Waals surface area contributed by atoms with E-state index in [9.17, 15) is 10.2 Å². The number of nitrogens with zero attached hydrogens (tertiary/aromatic N) is 1. The minimum atomic E-state index is -0.932. The summed E-state index contributed by atoms with van der Waals surface area (Å²) in [7, 11) is 0. The third kappa shape index (κ3) is 1.97. The lowest BCUT2D eigenvalue weighted by atomic mass is 9.88. The zero-order valence-corrected chi connectivity index (χ0v) is 11.1. The number of nitrogens with one attached hydrogen (secondary N) is 1. The molecule has 0 amide bonds. The fourth-order valence-corrected chi connectivity index (χ4v) is 2.64. The molecule has 4 nitrogen and oxygen atoms in total. The van der Waals surface area contributed by atoms with E-state index in [0.717, 1.165) is 29.1 Å². The summed E-state index contributed by atoms with van der Waals surface area (Å²) in [6, 6.07) is 7.55. The first-order valence-electron chi connectivity index (χ1n) is 6.62. The molecule has 2 atom stereocenters. The van der Waals surface area contributed by atoms with Crippen LogP contribution in [0.2, 0.25) is 0 Å². The molecular weight excluding hydrogens is 240 g/mol. The fourth-order valence-electron chi connectivity index (χ4n) is 2.64. The summed E-state index contributed by atoms with van der Waals surface area (Å²) in [6.45, 7) is 4.25. The molecule has 3 N–H and O–H groups in total. The lowest BCUT2D eigenvalue weighted by Gasteiger charge is -2.25. The smallest absolute Gasteiger partial charge is 0.126 e. The fraction of sp³-hybridized carbons (Fsp3) is 0.400. The van der Waals surface area contributed by atoms with Crippen molar-refractivity contribution in [3.8, 4) is 11.3 Å². The van der Waals surface area contributed by atoms with Gasteiger partial charge in [-0.15, -0.1) is 0 Å². The van der Waals surface area contributed by atoms with Crippen molar-refractivity contribution in [1.82, 2.24) is 9.97 Å². The molecule has 1 aliphatic rings. The number of aliphatic hydroxyl groups is 2. The van der Waals surface area contributed by atoms with Gasteiger partial charge in [0.2, 0.25) is 0 Å². The zero-order chi connectivity index (χ0) is 13.6. The van der Waals surface area contributed by atoms with Crippen LogP contribution >= 0.6 is 0 Å². The van der Waals surface area contributed by atoms with Crippen LogP contribution < -0.4 is 0 Å². The van der Waals surface area contributed by atoms with Gasteiger partial charge in [-0.1, -0.05) is 38.1 Å². The molecule has 0 spiro atoms. The number of H-pyrrole nitrogens is 1. The molecular formula is C15H18N2O2. The molecule has 1 aromatic carbocycles. The van der Waals surface area contributed by atoms with Crippen LogP contribution in [-0.4, -0.2) is 20.2 Å². The van der Waals surface area contributed by atoms with E-state index >= 15 is 0 Å². The monoisotopic (exact) mass is 258 g/mol. The number of aromatic nitrogens is 2. The van der Waals surface area contributed by atoms with Crippen molar-refractivity contribution in [3.05, 3.63) is 41.3 Å². The van der Waals surface area contributed by atoms with Crippen molar-refractivity contribution in [2.75, 3.05) is 0 Å². The highest BCUT2D eigenvalue weighted by Crippen LogP contribution is 2.43. The summed E-state index contributed by atoms with van der Waals surface area (Å²) >= 11 is 0. The Morgan fingerprint density at radius 1 is 1.21 bits per heavy atom. The van der Waals surface area contributed by atoms with Crippen molar-refractivity contribution < 1.29 is 10.2 Å². The van der Waals surface area contributed by atoms with Crippen LogP contribution in [0.3, 0.4) is 0 Å². The topological polar surface area (TPSA) is 69.1 Å². The molecule has 0 fully saturated rings.